The highest BCUT2D eigenvalue weighted by Crippen LogP contribution is 2.33. The molecule has 2 N–H and O–H groups in total. The first-order valence-electron chi connectivity index (χ1n) is 10.9. The van der Waals surface area contributed by atoms with Gasteiger partial charge in [0.25, 0.3) is 0 Å². The van der Waals surface area contributed by atoms with Gasteiger partial charge in [0.2, 0.25) is 5.91 Å². The quantitative estimate of drug-likeness (QED) is 0.732. The van der Waals surface area contributed by atoms with Gasteiger partial charge in [0.05, 0.1) is 23.6 Å². The summed E-state index contributed by atoms with van der Waals surface area (Å²) in [5.74, 6) is 1.42. The standard InChI is InChI=1S/C24H30ClN3O2/c1-2-30-22-9-8-19(15-21(22)25)23-20(16-26-27-23)24(29)28-12-10-18(11-13-28)14-17-6-4-3-5-7-17/h3-9,15,18,20,23,26-27H,2,10-14,16H2,1H3. The van der Waals surface area contributed by atoms with Crippen LogP contribution in [0.2, 0.25) is 5.02 Å². The lowest BCUT2D eigenvalue weighted by atomic mass is 9.88. The number of rotatable bonds is 6. The fraction of sp³-hybridized carbons (Fsp3) is 0.458. The van der Waals surface area contributed by atoms with Crippen LogP contribution in [0, 0.1) is 11.8 Å². The van der Waals surface area contributed by atoms with Gasteiger partial charge in [-0.15, -0.1) is 0 Å². The Balaban J connectivity index is 1.37. The number of halogens is 1. The number of nitrogens with zero attached hydrogens (tertiary/aromatic N) is 1. The molecule has 0 spiro atoms. The summed E-state index contributed by atoms with van der Waals surface area (Å²) in [6.07, 6.45) is 3.23. The van der Waals surface area contributed by atoms with E-state index >= 15 is 0 Å². The average molecular weight is 428 g/mol. The summed E-state index contributed by atoms with van der Waals surface area (Å²) < 4.78 is 5.53. The largest absolute Gasteiger partial charge is 0.492 e. The van der Waals surface area contributed by atoms with Gasteiger partial charge >= 0.3 is 0 Å². The highest BCUT2D eigenvalue weighted by Gasteiger charge is 2.37. The van der Waals surface area contributed by atoms with Crippen LogP contribution in [0.5, 0.6) is 5.75 Å². The van der Waals surface area contributed by atoms with Crippen LogP contribution in [0.25, 0.3) is 0 Å². The summed E-state index contributed by atoms with van der Waals surface area (Å²) >= 11 is 6.38. The molecule has 2 heterocycles. The first kappa shape index (κ1) is 21.2. The van der Waals surface area contributed by atoms with Crippen molar-refractivity contribution in [3.05, 3.63) is 64.7 Å². The third-order valence-corrected chi connectivity index (χ3v) is 6.50. The van der Waals surface area contributed by atoms with Gasteiger partial charge < -0.3 is 9.64 Å². The van der Waals surface area contributed by atoms with Gasteiger partial charge in [-0.2, -0.15) is 0 Å². The van der Waals surface area contributed by atoms with Crippen LogP contribution in [-0.4, -0.2) is 37.0 Å². The minimum Gasteiger partial charge on any atom is -0.492 e. The number of hydrazine groups is 1. The number of ether oxygens (including phenoxy) is 1. The lowest BCUT2D eigenvalue weighted by Gasteiger charge is -2.34. The molecule has 4 rings (SSSR count). The highest BCUT2D eigenvalue weighted by atomic mass is 35.5. The second-order valence-corrected chi connectivity index (χ2v) is 8.60. The molecule has 0 aliphatic carbocycles. The fourth-order valence-corrected chi connectivity index (χ4v) is 4.81. The predicted octanol–water partition coefficient (Wildman–Crippen LogP) is 3.99. The third kappa shape index (κ3) is 4.80. The number of hydrogen-bond acceptors (Lipinski definition) is 4. The zero-order valence-electron chi connectivity index (χ0n) is 17.4. The maximum atomic E-state index is 13.3. The molecule has 5 nitrogen and oxygen atoms in total. The summed E-state index contributed by atoms with van der Waals surface area (Å²) in [6, 6.07) is 16.3. The van der Waals surface area contributed by atoms with Crippen LogP contribution in [-0.2, 0) is 11.2 Å². The van der Waals surface area contributed by atoms with Gasteiger partial charge in [-0.05, 0) is 55.4 Å². The van der Waals surface area contributed by atoms with Crippen LogP contribution in [0.15, 0.2) is 48.5 Å². The fourth-order valence-electron chi connectivity index (χ4n) is 4.57. The number of piperidine rings is 1. The molecular formula is C24H30ClN3O2. The van der Waals surface area contributed by atoms with Crippen molar-refractivity contribution in [2.45, 2.75) is 32.2 Å². The molecule has 2 aliphatic heterocycles. The molecule has 0 bridgehead atoms. The topological polar surface area (TPSA) is 53.6 Å². The summed E-state index contributed by atoms with van der Waals surface area (Å²) in [4.78, 5) is 15.3. The molecule has 2 aliphatic rings. The normalized spacial score (nSPS) is 22.3. The minimum absolute atomic E-state index is 0.0901. The Morgan fingerprint density at radius 3 is 2.63 bits per heavy atom. The number of likely N-dealkylation sites (tertiary alicyclic amines) is 1. The molecule has 2 saturated heterocycles. The van der Waals surface area contributed by atoms with E-state index in [1.54, 1.807) is 0 Å². The van der Waals surface area contributed by atoms with Crippen LogP contribution in [0.4, 0.5) is 0 Å². The lowest BCUT2D eigenvalue weighted by molar-refractivity contribution is -0.136. The first-order chi connectivity index (χ1) is 14.7. The summed E-state index contributed by atoms with van der Waals surface area (Å²) in [5.41, 5.74) is 8.83. The van der Waals surface area contributed by atoms with Crippen molar-refractivity contribution in [2.75, 3.05) is 26.2 Å². The summed E-state index contributed by atoms with van der Waals surface area (Å²) in [5, 5.41) is 0.580. The number of benzene rings is 2. The Morgan fingerprint density at radius 2 is 1.93 bits per heavy atom. The maximum Gasteiger partial charge on any atom is 0.229 e. The van der Waals surface area contributed by atoms with Gasteiger partial charge in [-0.25, -0.2) is 5.43 Å². The zero-order chi connectivity index (χ0) is 20.9. The molecule has 160 valence electrons. The molecular weight excluding hydrogens is 398 g/mol. The van der Waals surface area contributed by atoms with Crippen molar-refractivity contribution in [1.29, 1.82) is 0 Å². The van der Waals surface area contributed by atoms with Crippen LogP contribution < -0.4 is 15.6 Å². The van der Waals surface area contributed by atoms with Gasteiger partial charge in [-0.1, -0.05) is 48.0 Å². The Labute approximate surface area is 183 Å². The van der Waals surface area contributed by atoms with E-state index in [-0.39, 0.29) is 17.9 Å². The van der Waals surface area contributed by atoms with E-state index in [0.29, 0.717) is 29.8 Å². The molecule has 0 saturated carbocycles. The molecule has 1 amide bonds. The Morgan fingerprint density at radius 1 is 1.17 bits per heavy atom. The van der Waals surface area contributed by atoms with E-state index in [1.165, 1.54) is 5.56 Å². The van der Waals surface area contributed by atoms with E-state index in [0.717, 1.165) is 37.9 Å². The predicted molar refractivity (Wildman–Crippen MR) is 119 cm³/mol. The molecule has 2 atom stereocenters. The van der Waals surface area contributed by atoms with E-state index in [1.807, 2.05) is 30.0 Å². The Hall–Kier alpha value is -2.08. The number of nitrogens with one attached hydrogen (secondary N) is 2. The van der Waals surface area contributed by atoms with Gasteiger partial charge in [-0.3, -0.25) is 10.2 Å². The van der Waals surface area contributed by atoms with Crippen molar-refractivity contribution < 1.29 is 9.53 Å². The zero-order valence-corrected chi connectivity index (χ0v) is 18.2. The number of carbonyl (C=O) groups is 1. The summed E-state index contributed by atoms with van der Waals surface area (Å²) in [7, 11) is 0. The SMILES string of the molecule is CCOc1ccc(C2NNCC2C(=O)N2CCC(Cc3ccccc3)CC2)cc1Cl. The molecule has 2 unspecified atom stereocenters. The number of hydrogen-bond donors (Lipinski definition) is 2. The highest BCUT2D eigenvalue weighted by molar-refractivity contribution is 6.32. The Kier molecular flexibility index (Phi) is 6.93. The summed E-state index contributed by atoms with van der Waals surface area (Å²) in [6.45, 7) is 4.81. The minimum atomic E-state index is -0.135. The van der Waals surface area contributed by atoms with Crippen LogP contribution in [0.1, 0.15) is 36.9 Å². The van der Waals surface area contributed by atoms with E-state index in [2.05, 4.69) is 41.2 Å². The van der Waals surface area contributed by atoms with Crippen molar-refractivity contribution in [1.82, 2.24) is 15.8 Å². The lowest BCUT2D eigenvalue weighted by Crippen LogP contribution is -2.44. The molecule has 30 heavy (non-hydrogen) atoms. The molecule has 2 aromatic carbocycles. The van der Waals surface area contributed by atoms with E-state index in [4.69, 9.17) is 16.3 Å². The Bertz CT molecular complexity index is 853. The van der Waals surface area contributed by atoms with E-state index < -0.39 is 0 Å². The van der Waals surface area contributed by atoms with Crippen molar-refractivity contribution >= 4 is 17.5 Å². The first-order valence-corrected chi connectivity index (χ1v) is 11.3. The third-order valence-electron chi connectivity index (χ3n) is 6.21. The molecule has 2 aromatic rings. The molecule has 6 heteroatoms. The van der Waals surface area contributed by atoms with Gasteiger partial charge in [0, 0.05) is 19.6 Å². The molecule has 0 aromatic heterocycles. The molecule has 2 fully saturated rings. The van der Waals surface area contributed by atoms with Crippen LogP contribution in [0.3, 0.4) is 0 Å². The average Bonchev–Trinajstić information content (AvgIpc) is 3.26. The number of carbonyl (C=O) groups excluding carboxylic acids is 1. The van der Waals surface area contributed by atoms with Crippen LogP contribution >= 0.6 is 11.6 Å². The van der Waals surface area contributed by atoms with Crippen molar-refractivity contribution in [3.63, 3.8) is 0 Å². The monoisotopic (exact) mass is 427 g/mol. The van der Waals surface area contributed by atoms with Crippen molar-refractivity contribution in [2.24, 2.45) is 11.8 Å². The van der Waals surface area contributed by atoms with E-state index in [9.17, 15) is 4.79 Å². The number of amides is 1. The molecule has 0 radical (unpaired) electrons. The second kappa shape index (κ2) is 9.82. The smallest absolute Gasteiger partial charge is 0.229 e. The maximum absolute atomic E-state index is 13.3. The van der Waals surface area contributed by atoms with Crippen molar-refractivity contribution in [3.8, 4) is 5.75 Å². The van der Waals surface area contributed by atoms with Gasteiger partial charge in [0.1, 0.15) is 5.75 Å². The van der Waals surface area contributed by atoms with Gasteiger partial charge in [0.15, 0.2) is 0 Å². The second-order valence-electron chi connectivity index (χ2n) is 8.19.